The fourth-order valence-electron chi connectivity index (χ4n) is 1.92. The number of rotatable bonds is 3. The predicted molar refractivity (Wildman–Crippen MR) is 81.4 cm³/mol. The lowest BCUT2D eigenvalue weighted by atomic mass is 10.1. The first-order valence-corrected chi connectivity index (χ1v) is 7.18. The lowest BCUT2D eigenvalue weighted by Crippen LogP contribution is -2.32. The molecule has 0 aliphatic heterocycles. The Morgan fingerprint density at radius 1 is 1.42 bits per heavy atom. The van der Waals surface area contributed by atoms with Crippen LogP contribution in [0.15, 0.2) is 28.7 Å². The molecule has 2 aromatic rings. The van der Waals surface area contributed by atoms with Gasteiger partial charge in [0.15, 0.2) is 0 Å². The molecule has 1 heterocycles. The Labute approximate surface area is 121 Å². The van der Waals surface area contributed by atoms with Crippen LogP contribution < -0.4 is 5.32 Å². The number of aromatic nitrogens is 1. The Morgan fingerprint density at radius 2 is 2.16 bits per heavy atom. The highest BCUT2D eigenvalue weighted by Gasteiger charge is 2.13. The van der Waals surface area contributed by atoms with Crippen molar-refractivity contribution in [1.82, 2.24) is 10.3 Å². The van der Waals surface area contributed by atoms with Gasteiger partial charge in [0.05, 0.1) is 11.1 Å². The molecule has 0 radical (unpaired) electrons. The number of pyridine rings is 1. The second-order valence-corrected chi connectivity index (χ2v) is 5.67. The molecule has 1 aromatic carbocycles. The number of hydrogen-bond acceptors (Lipinski definition) is 2. The smallest absolute Gasteiger partial charge is 0.252 e. The first-order valence-electron chi connectivity index (χ1n) is 6.39. The van der Waals surface area contributed by atoms with E-state index >= 15 is 0 Å². The molecule has 100 valence electrons. The monoisotopic (exact) mass is 320 g/mol. The molecule has 1 amide bonds. The molecular formula is C15H17BrN2O. The number of aryl methyl sites for hydroxylation is 1. The Balaban J connectivity index is 2.52. The predicted octanol–water partition coefficient (Wildman–Crippen LogP) is 3.83. The number of amides is 1. The van der Waals surface area contributed by atoms with Gasteiger partial charge in [-0.25, -0.2) is 0 Å². The third-order valence-electron chi connectivity index (χ3n) is 3.13. The Bertz CT molecular complexity index is 625. The van der Waals surface area contributed by atoms with Crippen LogP contribution in [0, 0.1) is 6.92 Å². The minimum Gasteiger partial charge on any atom is -0.350 e. The molecule has 2 rings (SSSR count). The maximum atomic E-state index is 12.3. The van der Waals surface area contributed by atoms with Gasteiger partial charge >= 0.3 is 0 Å². The van der Waals surface area contributed by atoms with E-state index in [-0.39, 0.29) is 11.9 Å². The highest BCUT2D eigenvalue weighted by atomic mass is 79.9. The van der Waals surface area contributed by atoms with Gasteiger partial charge in [0.1, 0.15) is 0 Å². The SMILES string of the molecule is CC[C@H](C)NC(=O)c1cc(C)nc2ccc(Br)cc12. The molecule has 1 N–H and O–H groups in total. The number of hydrogen-bond donors (Lipinski definition) is 1. The van der Waals surface area contributed by atoms with Crippen molar-refractivity contribution < 1.29 is 4.79 Å². The molecule has 19 heavy (non-hydrogen) atoms. The van der Waals surface area contributed by atoms with Crippen LogP contribution >= 0.6 is 15.9 Å². The third kappa shape index (κ3) is 3.13. The molecule has 0 spiro atoms. The van der Waals surface area contributed by atoms with Gasteiger partial charge in [0, 0.05) is 21.6 Å². The second-order valence-electron chi connectivity index (χ2n) is 4.76. The number of halogens is 1. The Kier molecular flexibility index (Phi) is 4.20. The summed E-state index contributed by atoms with van der Waals surface area (Å²) in [4.78, 5) is 16.8. The van der Waals surface area contributed by atoms with Gasteiger partial charge in [-0.15, -0.1) is 0 Å². The van der Waals surface area contributed by atoms with Crippen molar-refractivity contribution in [3.63, 3.8) is 0 Å². The van der Waals surface area contributed by atoms with E-state index < -0.39 is 0 Å². The lowest BCUT2D eigenvalue weighted by molar-refractivity contribution is 0.0941. The first kappa shape index (κ1) is 14.0. The van der Waals surface area contributed by atoms with Gasteiger partial charge in [0.2, 0.25) is 0 Å². The standard InChI is InChI=1S/C15H17BrN2O/c1-4-9(2)18-15(19)13-7-10(3)17-14-6-5-11(16)8-12(13)14/h5-9H,4H2,1-3H3,(H,18,19)/t9-/m0/s1. The van der Waals surface area contributed by atoms with E-state index in [1.807, 2.05) is 38.1 Å². The Hall–Kier alpha value is -1.42. The Morgan fingerprint density at radius 3 is 2.84 bits per heavy atom. The number of fused-ring (bicyclic) bond motifs is 1. The molecule has 0 saturated carbocycles. The number of nitrogens with one attached hydrogen (secondary N) is 1. The summed E-state index contributed by atoms with van der Waals surface area (Å²) in [7, 11) is 0. The summed E-state index contributed by atoms with van der Waals surface area (Å²) in [6.45, 7) is 5.96. The fourth-order valence-corrected chi connectivity index (χ4v) is 2.28. The summed E-state index contributed by atoms with van der Waals surface area (Å²) in [5.41, 5.74) is 2.38. The van der Waals surface area contributed by atoms with E-state index in [9.17, 15) is 4.79 Å². The van der Waals surface area contributed by atoms with Crippen LogP contribution in [0.2, 0.25) is 0 Å². The van der Waals surface area contributed by atoms with Crippen molar-refractivity contribution in [3.8, 4) is 0 Å². The summed E-state index contributed by atoms with van der Waals surface area (Å²) >= 11 is 3.44. The lowest BCUT2D eigenvalue weighted by Gasteiger charge is -2.13. The summed E-state index contributed by atoms with van der Waals surface area (Å²) < 4.78 is 0.947. The molecule has 3 nitrogen and oxygen atoms in total. The van der Waals surface area contributed by atoms with Crippen LogP contribution in [0.1, 0.15) is 36.3 Å². The largest absolute Gasteiger partial charge is 0.350 e. The average molecular weight is 321 g/mol. The summed E-state index contributed by atoms with van der Waals surface area (Å²) in [5, 5.41) is 3.88. The number of carbonyl (C=O) groups excluding carboxylic acids is 1. The highest BCUT2D eigenvalue weighted by molar-refractivity contribution is 9.10. The zero-order valence-corrected chi connectivity index (χ0v) is 12.9. The van der Waals surface area contributed by atoms with Crippen LogP contribution in [0.4, 0.5) is 0 Å². The van der Waals surface area contributed by atoms with Crippen molar-refractivity contribution in [2.75, 3.05) is 0 Å². The average Bonchev–Trinajstić information content (AvgIpc) is 2.38. The number of benzene rings is 1. The molecule has 1 aromatic heterocycles. The second kappa shape index (κ2) is 5.70. The summed E-state index contributed by atoms with van der Waals surface area (Å²) in [6.07, 6.45) is 0.914. The number of carbonyl (C=O) groups is 1. The van der Waals surface area contributed by atoms with Crippen LogP contribution in [-0.2, 0) is 0 Å². The van der Waals surface area contributed by atoms with Crippen molar-refractivity contribution in [2.24, 2.45) is 0 Å². The van der Waals surface area contributed by atoms with E-state index in [1.165, 1.54) is 0 Å². The maximum Gasteiger partial charge on any atom is 0.252 e. The van der Waals surface area contributed by atoms with Crippen molar-refractivity contribution in [3.05, 3.63) is 40.0 Å². The zero-order valence-electron chi connectivity index (χ0n) is 11.3. The molecule has 1 atom stereocenters. The first-order chi connectivity index (χ1) is 9.01. The van der Waals surface area contributed by atoms with Crippen molar-refractivity contribution in [1.29, 1.82) is 0 Å². The van der Waals surface area contributed by atoms with E-state index in [4.69, 9.17) is 0 Å². The van der Waals surface area contributed by atoms with Crippen molar-refractivity contribution >= 4 is 32.7 Å². The molecule has 0 saturated heterocycles. The van der Waals surface area contributed by atoms with E-state index in [2.05, 4.69) is 33.2 Å². The molecule has 0 aliphatic carbocycles. The zero-order chi connectivity index (χ0) is 14.0. The quantitative estimate of drug-likeness (QED) is 0.933. The fraction of sp³-hybridized carbons (Fsp3) is 0.333. The van der Waals surface area contributed by atoms with Gasteiger partial charge in [-0.1, -0.05) is 22.9 Å². The summed E-state index contributed by atoms with van der Waals surface area (Å²) in [6, 6.07) is 7.81. The minimum absolute atomic E-state index is 0.0389. The molecule has 0 fully saturated rings. The van der Waals surface area contributed by atoms with Gasteiger partial charge < -0.3 is 5.32 Å². The molecule has 0 aliphatic rings. The van der Waals surface area contributed by atoms with Crippen LogP contribution in [0.3, 0.4) is 0 Å². The molecular weight excluding hydrogens is 304 g/mol. The van der Waals surface area contributed by atoms with Gasteiger partial charge in [-0.3, -0.25) is 9.78 Å². The van der Waals surface area contributed by atoms with E-state index in [1.54, 1.807) is 0 Å². The van der Waals surface area contributed by atoms with Crippen LogP contribution in [0.25, 0.3) is 10.9 Å². The van der Waals surface area contributed by atoms with Crippen molar-refractivity contribution in [2.45, 2.75) is 33.2 Å². The molecule has 4 heteroatoms. The molecule has 0 unspecified atom stereocenters. The van der Waals surface area contributed by atoms with Crippen LogP contribution in [-0.4, -0.2) is 16.9 Å². The van der Waals surface area contributed by atoms with Crippen LogP contribution in [0.5, 0.6) is 0 Å². The normalized spacial score (nSPS) is 12.4. The van der Waals surface area contributed by atoms with E-state index in [0.717, 1.165) is 27.5 Å². The third-order valence-corrected chi connectivity index (χ3v) is 3.63. The summed E-state index contributed by atoms with van der Waals surface area (Å²) in [5.74, 6) is -0.0389. The topological polar surface area (TPSA) is 42.0 Å². The number of nitrogens with zero attached hydrogens (tertiary/aromatic N) is 1. The highest BCUT2D eigenvalue weighted by Crippen LogP contribution is 2.23. The van der Waals surface area contributed by atoms with Gasteiger partial charge in [-0.2, -0.15) is 0 Å². The molecule has 0 bridgehead atoms. The van der Waals surface area contributed by atoms with Gasteiger partial charge in [0.25, 0.3) is 5.91 Å². The minimum atomic E-state index is -0.0389. The van der Waals surface area contributed by atoms with Gasteiger partial charge in [-0.05, 0) is 44.5 Å². The maximum absolute atomic E-state index is 12.3. The van der Waals surface area contributed by atoms with E-state index in [0.29, 0.717) is 5.56 Å².